The number of anilines is 4. The number of rotatable bonds is 9. The Morgan fingerprint density at radius 1 is 0.528 bits per heavy atom. The molecule has 0 radical (unpaired) electrons. The Kier molecular flexibility index (Phi) is 11.7. The van der Waals surface area contributed by atoms with Crippen molar-refractivity contribution in [3.63, 3.8) is 0 Å². The topological polar surface area (TPSA) is 33.5 Å². The minimum atomic E-state index is -2.43. The second-order valence-electron chi connectivity index (χ2n) is 21.3. The number of hydrogen-bond donors (Lipinski definition) is 0. The Morgan fingerprint density at radius 3 is 1.93 bits per heavy atom. The quantitative estimate of drug-likeness (QED) is 0.135. The van der Waals surface area contributed by atoms with E-state index in [9.17, 15) is 0 Å². The molecule has 0 atom stereocenters. The second kappa shape index (κ2) is 18.8. The van der Waals surface area contributed by atoms with Gasteiger partial charge in [-0.25, -0.2) is 4.98 Å². The van der Waals surface area contributed by atoms with Gasteiger partial charge in [0.05, 0.1) is 0 Å². The number of aryl methyl sites for hydroxylation is 1. The zero-order valence-electron chi connectivity index (χ0n) is 45.0. The number of hydrogen-bond acceptors (Lipinski definition) is 4. The average Bonchev–Trinajstić information content (AvgIpc) is 3.94. The van der Waals surface area contributed by atoms with Crippen molar-refractivity contribution in [2.45, 2.75) is 78.5 Å². The van der Waals surface area contributed by atoms with Gasteiger partial charge in [0.25, 0.3) is 0 Å². The molecule has 0 unspecified atom stereocenters. The molecule has 1 aliphatic heterocycles. The summed E-state index contributed by atoms with van der Waals surface area (Å²) >= 11 is 0. The smallest absolute Gasteiger partial charge is 0.135 e. The summed E-state index contributed by atoms with van der Waals surface area (Å²) in [5, 5.41) is 1.92. The van der Waals surface area contributed by atoms with Crippen LogP contribution >= 0.6 is 0 Å². The molecule has 0 saturated heterocycles. The number of nitrogens with zero attached hydrogens (tertiary/aromatic N) is 4. The maximum Gasteiger partial charge on any atom is 0.135 e. The predicted octanol–water partition coefficient (Wildman–Crippen LogP) is 17.5. The van der Waals surface area contributed by atoms with Crippen molar-refractivity contribution >= 4 is 44.6 Å². The third-order valence-electron chi connectivity index (χ3n) is 14.1. The fourth-order valence-electron chi connectivity index (χ4n) is 9.80. The fraction of sp³-hybridized carbons (Fsp3) is 0.182. The Bertz CT molecular complexity index is 3710. The van der Waals surface area contributed by atoms with E-state index in [1.165, 1.54) is 16.7 Å². The van der Waals surface area contributed by atoms with E-state index in [0.29, 0.717) is 28.4 Å². The summed E-state index contributed by atoms with van der Waals surface area (Å²) in [5.74, 6) is 1.47. The predicted molar refractivity (Wildman–Crippen MR) is 296 cm³/mol. The van der Waals surface area contributed by atoms with Crippen LogP contribution in [0.3, 0.4) is 0 Å². The first-order valence-corrected chi connectivity index (χ1v) is 24.4. The van der Waals surface area contributed by atoms with Crippen molar-refractivity contribution in [2.24, 2.45) is 0 Å². The van der Waals surface area contributed by atoms with E-state index in [1.807, 2.05) is 83.4 Å². The van der Waals surface area contributed by atoms with Crippen molar-refractivity contribution in [2.75, 3.05) is 9.80 Å². The minimum absolute atomic E-state index is 0. The number of pyridine rings is 1. The van der Waals surface area contributed by atoms with Crippen LogP contribution in [0, 0.1) is 25.7 Å². The normalized spacial score (nSPS) is 13.6. The second-order valence-corrected chi connectivity index (χ2v) is 21.3. The molecule has 3 heterocycles. The summed E-state index contributed by atoms with van der Waals surface area (Å²) in [7, 11) is 0. The van der Waals surface area contributed by atoms with Gasteiger partial charge in [0, 0.05) is 76.4 Å². The van der Waals surface area contributed by atoms with Crippen LogP contribution in [-0.2, 0) is 37.3 Å². The molecule has 1 aliphatic rings. The molecule has 362 valence electrons. The third-order valence-corrected chi connectivity index (χ3v) is 14.1. The van der Waals surface area contributed by atoms with E-state index in [0.717, 1.165) is 61.3 Å². The van der Waals surface area contributed by atoms with Crippen LogP contribution in [-0.4, -0.2) is 9.55 Å². The molecule has 72 heavy (non-hydrogen) atoms. The van der Waals surface area contributed by atoms with Gasteiger partial charge in [-0.2, -0.15) is 12.1 Å². The number of fused-ring (bicyclic) bond motifs is 4. The zero-order valence-corrected chi connectivity index (χ0v) is 44.3. The first kappa shape index (κ1) is 44.7. The van der Waals surface area contributed by atoms with Crippen LogP contribution in [0.25, 0.3) is 49.9 Å². The molecule has 2 aromatic heterocycles. The first-order chi connectivity index (χ1) is 35.3. The first-order valence-electron chi connectivity index (χ1n) is 25.9. The Balaban J connectivity index is 0.00000641. The molecule has 0 bridgehead atoms. The van der Waals surface area contributed by atoms with E-state index in [4.69, 9.17) is 13.8 Å². The van der Waals surface area contributed by atoms with Gasteiger partial charge in [-0.3, -0.25) is 0 Å². The van der Waals surface area contributed by atoms with Gasteiger partial charge in [-0.05, 0) is 104 Å². The monoisotopic (exact) mass is 1120 g/mol. The standard InChI is InChI=1S/C66H59N4O.Pt/c1-44-34-63(67-42-58(44)47-22-18-25-49(35-47)66(8,9)48-23-14-11-15-24-48)70-59-29-17-16-28-56(59)57-32-31-55(41-61(57)70)71-54-27-19-26-52(40-54)68-43-69(53-38-50(64(2,3)4)37-51(39-53)65(5,6)7)62-36-46(30-33-60(62)68)45-20-12-10-13-21-45;/h10-39,42-43H,1-9H3;/q-3;/i1D3;. The molecule has 5 nitrogen and oxygen atoms in total. The van der Waals surface area contributed by atoms with Crippen molar-refractivity contribution in [1.29, 1.82) is 0 Å². The molecule has 10 aromatic rings. The summed E-state index contributed by atoms with van der Waals surface area (Å²) in [5.41, 5.74) is 13.8. The number of ether oxygens (including phenoxy) is 1. The number of aromatic nitrogens is 2. The van der Waals surface area contributed by atoms with Gasteiger partial charge < -0.3 is 19.1 Å². The third kappa shape index (κ3) is 9.05. The van der Waals surface area contributed by atoms with E-state index in [2.05, 4.69) is 181 Å². The Morgan fingerprint density at radius 2 is 1.19 bits per heavy atom. The molecule has 8 aromatic carbocycles. The average molecular weight is 1120 g/mol. The summed E-state index contributed by atoms with van der Waals surface area (Å²) in [4.78, 5) is 9.51. The number of para-hydroxylation sites is 1. The van der Waals surface area contributed by atoms with Gasteiger partial charge in [0.1, 0.15) is 5.82 Å². The van der Waals surface area contributed by atoms with Crippen LogP contribution in [0.4, 0.5) is 22.7 Å². The maximum absolute atomic E-state index is 8.82. The van der Waals surface area contributed by atoms with Crippen molar-refractivity contribution < 1.29 is 29.9 Å². The molecule has 11 rings (SSSR count). The van der Waals surface area contributed by atoms with E-state index in [-0.39, 0.29) is 42.9 Å². The summed E-state index contributed by atoms with van der Waals surface area (Å²) in [6, 6.07) is 69.6. The van der Waals surface area contributed by atoms with Gasteiger partial charge in [-0.1, -0.05) is 176 Å². The van der Waals surface area contributed by atoms with Gasteiger partial charge in [-0.15, -0.1) is 48.1 Å². The minimum Gasteiger partial charge on any atom is -0.509 e. The van der Waals surface area contributed by atoms with Crippen LogP contribution < -0.4 is 14.5 Å². The molecule has 0 aliphatic carbocycles. The molecule has 0 N–H and O–H groups in total. The molecule has 6 heteroatoms. The number of benzene rings is 8. The van der Waals surface area contributed by atoms with Gasteiger partial charge >= 0.3 is 0 Å². The Labute approximate surface area is 444 Å². The molecule has 0 saturated carbocycles. The van der Waals surface area contributed by atoms with Gasteiger partial charge in [0.15, 0.2) is 0 Å². The van der Waals surface area contributed by atoms with Crippen LogP contribution in [0.1, 0.15) is 87.3 Å². The fourth-order valence-corrected chi connectivity index (χ4v) is 9.80. The zero-order chi connectivity index (χ0) is 51.7. The molecular weight excluding hydrogens is 1060 g/mol. The maximum atomic E-state index is 8.82. The van der Waals surface area contributed by atoms with E-state index >= 15 is 0 Å². The molecule has 0 amide bonds. The SMILES string of the molecule is [2H]C([2H])([2H])c1cc(-n2c3[c-]c(Oc4[c-]c(N5[CH-]N(c6cc(C(C)(C)C)cc(C(C)(C)C)c6)c6cc(-c7ccccc7)ccc65)ccc4)ccc3c3ccccc32)ncc1-c1cccc(C(C)(C)c2ccccc2)c1.[Pt]. The van der Waals surface area contributed by atoms with Crippen LogP contribution in [0.15, 0.2) is 188 Å². The summed E-state index contributed by atoms with van der Waals surface area (Å²) in [6.45, 7) is 17.7. The van der Waals surface area contributed by atoms with E-state index < -0.39 is 6.85 Å². The summed E-state index contributed by atoms with van der Waals surface area (Å²) in [6.07, 6.45) is 1.70. The van der Waals surface area contributed by atoms with Crippen molar-refractivity contribution in [3.8, 4) is 39.6 Å². The molecule has 0 spiro atoms. The molecule has 0 fully saturated rings. The van der Waals surface area contributed by atoms with Gasteiger partial charge in [0.2, 0.25) is 0 Å². The van der Waals surface area contributed by atoms with E-state index in [1.54, 1.807) is 12.3 Å². The van der Waals surface area contributed by atoms with Crippen molar-refractivity contribution in [1.82, 2.24) is 9.55 Å². The van der Waals surface area contributed by atoms with Crippen LogP contribution in [0.2, 0.25) is 0 Å². The molecular formula is C66H59N4OPt-3. The largest absolute Gasteiger partial charge is 0.509 e. The Hall–Kier alpha value is -7.20. The van der Waals surface area contributed by atoms with Crippen LogP contribution in [0.5, 0.6) is 11.5 Å². The van der Waals surface area contributed by atoms with Crippen molar-refractivity contribution in [3.05, 3.63) is 235 Å². The summed E-state index contributed by atoms with van der Waals surface area (Å²) < 4.78 is 35.1.